The smallest absolute Gasteiger partial charge is 0.202 e. The maximum atomic E-state index is 12.9. The Morgan fingerprint density at radius 1 is 1.04 bits per heavy atom. The minimum atomic E-state index is -1.52. The van der Waals surface area contributed by atoms with Crippen LogP contribution < -0.4 is 0 Å². The van der Waals surface area contributed by atoms with E-state index in [0.29, 0.717) is 0 Å². The summed E-state index contributed by atoms with van der Waals surface area (Å²) in [6.07, 6.45) is -1.09. The Morgan fingerprint density at radius 3 is 2.37 bits per heavy atom. The van der Waals surface area contributed by atoms with Crippen molar-refractivity contribution in [2.24, 2.45) is 0 Å². The number of fused-ring (bicyclic) bond motifs is 3. The molecule has 2 aromatic rings. The number of benzene rings is 2. The van der Waals surface area contributed by atoms with Crippen molar-refractivity contribution < 1.29 is 35.1 Å². The molecule has 0 spiro atoms. The maximum absolute atomic E-state index is 12.9. The molecule has 0 saturated heterocycles. The number of aromatic hydroxyl groups is 3. The first-order chi connectivity index (χ1) is 12.7. The molecule has 0 saturated carbocycles. The van der Waals surface area contributed by atoms with E-state index in [1.165, 1.54) is 18.2 Å². The van der Waals surface area contributed by atoms with Crippen LogP contribution in [0.4, 0.5) is 0 Å². The molecular formula is C20H18O7. The van der Waals surface area contributed by atoms with E-state index in [4.69, 9.17) is 0 Å². The molecule has 2 atom stereocenters. The lowest BCUT2D eigenvalue weighted by atomic mass is 9.72. The van der Waals surface area contributed by atoms with Gasteiger partial charge in [-0.2, -0.15) is 0 Å². The minimum Gasteiger partial charge on any atom is -0.507 e. The maximum Gasteiger partial charge on any atom is 0.202 e. The molecule has 140 valence electrons. The lowest BCUT2D eigenvalue weighted by Gasteiger charge is -2.39. The van der Waals surface area contributed by atoms with E-state index >= 15 is 0 Å². The fraction of sp³-hybridized carbons (Fsp3) is 0.300. The monoisotopic (exact) mass is 370 g/mol. The molecule has 1 unspecified atom stereocenters. The minimum absolute atomic E-state index is 0.0989. The molecule has 0 heterocycles. The predicted octanol–water partition coefficient (Wildman–Crippen LogP) is 1.70. The Labute approximate surface area is 154 Å². The van der Waals surface area contributed by atoms with Gasteiger partial charge in [0.2, 0.25) is 5.78 Å². The third-order valence-electron chi connectivity index (χ3n) is 5.76. The van der Waals surface area contributed by atoms with Crippen molar-refractivity contribution in [2.75, 3.05) is 0 Å². The summed E-state index contributed by atoms with van der Waals surface area (Å²) < 4.78 is 0. The summed E-state index contributed by atoms with van der Waals surface area (Å²) in [6, 6.07) is 3.99. The Hall–Kier alpha value is -2.90. The van der Waals surface area contributed by atoms with Crippen molar-refractivity contribution in [1.29, 1.82) is 0 Å². The molecular weight excluding hydrogens is 352 g/mol. The zero-order valence-electron chi connectivity index (χ0n) is 14.5. The third kappa shape index (κ3) is 2.09. The normalized spacial score (nSPS) is 23.6. The molecule has 2 aromatic carbocycles. The van der Waals surface area contributed by atoms with Crippen LogP contribution in [0.3, 0.4) is 0 Å². The third-order valence-corrected chi connectivity index (χ3v) is 5.76. The highest BCUT2D eigenvalue weighted by Crippen LogP contribution is 2.51. The summed E-state index contributed by atoms with van der Waals surface area (Å²) in [5.41, 5.74) is -2.66. The van der Waals surface area contributed by atoms with Gasteiger partial charge in [-0.1, -0.05) is 19.1 Å². The van der Waals surface area contributed by atoms with Gasteiger partial charge in [0.05, 0.1) is 22.3 Å². The van der Waals surface area contributed by atoms with Crippen LogP contribution in [0.1, 0.15) is 68.8 Å². The average Bonchev–Trinajstić information content (AvgIpc) is 2.64. The molecule has 0 fully saturated rings. The highest BCUT2D eigenvalue weighted by molar-refractivity contribution is 6.31. The van der Waals surface area contributed by atoms with Crippen LogP contribution in [0.25, 0.3) is 0 Å². The molecule has 0 aromatic heterocycles. The van der Waals surface area contributed by atoms with Gasteiger partial charge in [0.1, 0.15) is 23.4 Å². The summed E-state index contributed by atoms with van der Waals surface area (Å²) in [4.78, 5) is 25.8. The lowest BCUT2D eigenvalue weighted by molar-refractivity contribution is -0.0921. The Kier molecular flexibility index (Phi) is 3.60. The van der Waals surface area contributed by atoms with Crippen molar-refractivity contribution in [3.8, 4) is 17.2 Å². The van der Waals surface area contributed by atoms with Gasteiger partial charge in [-0.05, 0) is 25.3 Å². The van der Waals surface area contributed by atoms with Gasteiger partial charge < -0.3 is 25.5 Å². The zero-order chi connectivity index (χ0) is 19.7. The van der Waals surface area contributed by atoms with Crippen LogP contribution in [0.2, 0.25) is 0 Å². The fourth-order valence-electron chi connectivity index (χ4n) is 4.13. The molecule has 0 aliphatic heterocycles. The molecule has 4 rings (SSSR count). The van der Waals surface area contributed by atoms with Gasteiger partial charge >= 0.3 is 0 Å². The van der Waals surface area contributed by atoms with Crippen LogP contribution in [-0.4, -0.2) is 42.7 Å². The second-order valence-electron chi connectivity index (χ2n) is 7.06. The van der Waals surface area contributed by atoms with Crippen LogP contribution in [0.15, 0.2) is 18.2 Å². The number of carbonyl (C=O) groups is 2. The van der Waals surface area contributed by atoms with Gasteiger partial charge in [-0.25, -0.2) is 0 Å². The Bertz CT molecular complexity index is 1020. The topological polar surface area (TPSA) is 135 Å². The number of hydrogen-bond acceptors (Lipinski definition) is 7. The molecule has 5 N–H and O–H groups in total. The van der Waals surface area contributed by atoms with Crippen molar-refractivity contribution in [2.45, 2.75) is 37.9 Å². The number of ketones is 2. The number of rotatable bonds is 1. The number of carbonyl (C=O) groups excluding carboxylic acids is 2. The summed E-state index contributed by atoms with van der Waals surface area (Å²) in [5.74, 6) is -3.05. The Morgan fingerprint density at radius 2 is 1.70 bits per heavy atom. The highest BCUT2D eigenvalue weighted by Gasteiger charge is 2.46. The van der Waals surface area contributed by atoms with E-state index in [1.807, 2.05) is 0 Å². The molecule has 0 amide bonds. The van der Waals surface area contributed by atoms with E-state index < -0.39 is 46.1 Å². The van der Waals surface area contributed by atoms with Crippen LogP contribution in [0, 0.1) is 0 Å². The van der Waals surface area contributed by atoms with E-state index in [1.54, 1.807) is 6.92 Å². The van der Waals surface area contributed by atoms with Crippen LogP contribution in [0.5, 0.6) is 17.2 Å². The SMILES string of the molecule is CC[C@@]1(O)CCc2c(O)c3c(c(O)c2C1O)C(=O)c1cccc(O)c1C3=O. The van der Waals surface area contributed by atoms with Gasteiger partial charge in [0, 0.05) is 16.7 Å². The van der Waals surface area contributed by atoms with Crippen molar-refractivity contribution in [3.63, 3.8) is 0 Å². The van der Waals surface area contributed by atoms with Gasteiger partial charge in [0.25, 0.3) is 0 Å². The highest BCUT2D eigenvalue weighted by atomic mass is 16.3. The zero-order valence-corrected chi connectivity index (χ0v) is 14.5. The largest absolute Gasteiger partial charge is 0.507 e. The van der Waals surface area contributed by atoms with Gasteiger partial charge in [-0.3, -0.25) is 9.59 Å². The summed E-state index contributed by atoms with van der Waals surface area (Å²) in [5, 5.41) is 52.7. The molecule has 7 nitrogen and oxygen atoms in total. The summed E-state index contributed by atoms with van der Waals surface area (Å²) >= 11 is 0. The lowest BCUT2D eigenvalue weighted by Crippen LogP contribution is -2.40. The van der Waals surface area contributed by atoms with E-state index in [0.717, 1.165) is 0 Å². The summed E-state index contributed by atoms with van der Waals surface area (Å²) in [6.45, 7) is 1.68. The quantitative estimate of drug-likeness (QED) is 0.411. The second kappa shape index (κ2) is 5.55. The molecule has 2 aliphatic rings. The number of phenolic OH excluding ortho intramolecular Hbond substituents is 3. The molecule has 27 heavy (non-hydrogen) atoms. The van der Waals surface area contributed by atoms with E-state index in [2.05, 4.69) is 0 Å². The van der Waals surface area contributed by atoms with Gasteiger partial charge in [-0.15, -0.1) is 0 Å². The predicted molar refractivity (Wildman–Crippen MR) is 93.3 cm³/mol. The first kappa shape index (κ1) is 17.5. The Balaban J connectivity index is 2.05. The van der Waals surface area contributed by atoms with Crippen LogP contribution >= 0.6 is 0 Å². The molecule has 0 bridgehead atoms. The van der Waals surface area contributed by atoms with E-state index in [9.17, 15) is 35.1 Å². The molecule has 2 aliphatic carbocycles. The molecule has 7 heteroatoms. The van der Waals surface area contributed by atoms with Crippen molar-refractivity contribution in [3.05, 3.63) is 51.6 Å². The number of phenols is 3. The van der Waals surface area contributed by atoms with Crippen molar-refractivity contribution >= 4 is 11.6 Å². The number of hydrogen-bond donors (Lipinski definition) is 5. The number of aliphatic hydroxyl groups excluding tert-OH is 1. The summed E-state index contributed by atoms with van der Waals surface area (Å²) in [7, 11) is 0. The van der Waals surface area contributed by atoms with Crippen LogP contribution in [-0.2, 0) is 6.42 Å². The fourth-order valence-corrected chi connectivity index (χ4v) is 4.13. The van der Waals surface area contributed by atoms with Crippen molar-refractivity contribution in [1.82, 2.24) is 0 Å². The van der Waals surface area contributed by atoms with E-state index in [-0.39, 0.29) is 47.1 Å². The number of aliphatic hydroxyl groups is 2. The van der Waals surface area contributed by atoms with Gasteiger partial charge in [0.15, 0.2) is 5.78 Å². The molecule has 0 radical (unpaired) electrons. The first-order valence-electron chi connectivity index (χ1n) is 8.65. The first-order valence-corrected chi connectivity index (χ1v) is 8.65. The standard InChI is InChI=1S/C20H18O7/c1-2-20(27)7-6-9-12(19(20)26)18(25)14-13(16(9)23)17(24)11-8(15(14)22)4-3-5-10(11)21/h3-5,19,21,23,25-27H,2,6-7H2,1H3/t19?,20-/m1/s1. The average molecular weight is 370 g/mol. The second-order valence-corrected chi connectivity index (χ2v) is 7.06.